The van der Waals surface area contributed by atoms with E-state index in [4.69, 9.17) is 37.9 Å². The fourth-order valence-electron chi connectivity index (χ4n) is 16.1. The number of carbonyl (C=O) groups excluding carboxylic acids is 2. The number of benzene rings is 8. The third-order valence-electron chi connectivity index (χ3n) is 23.0. The maximum absolute atomic E-state index is 15.3. The highest BCUT2D eigenvalue weighted by molar-refractivity contribution is 5.75. The minimum atomic E-state index is -0.782. The molecule has 2 amide bonds. The molecule has 662 valence electrons. The molecule has 0 spiro atoms. The summed E-state index contributed by atoms with van der Waals surface area (Å²) in [6.45, 7) is 50.6. The predicted octanol–water partition coefficient (Wildman–Crippen LogP) is 18.5. The number of hydrogen-bond acceptors (Lipinski definition) is 16. The Morgan fingerprint density at radius 2 is 0.336 bits per heavy atom. The molecule has 0 fully saturated rings. The first kappa shape index (κ1) is 95.1. The number of hydrogen-bond donors (Lipinski definition) is 8. The SMILES string of the molecule is CC(C)(C)c1cc2c(OCCO)c(c1)Cc1cc(C(C)(C)C)cc(c1OCCO)Cc1cc(C(C)(C)C)cc(c1OC(=O)NCCNC(=O)Oc1c3cc(C(C)(C)C)cc1Cc1cc(C(C)(C)C)cc(c1OCCO)Cc1cc(C(C)(C)C)cc(c1OCCO)Cc1cc(C(C)(C)C)cc(c1OCCO)C3)Cc1cc(C(C)(C)C)cc(c1OCCO)C2. The molecule has 2 aliphatic carbocycles. The van der Waals surface area contributed by atoms with Gasteiger partial charge in [0.25, 0.3) is 0 Å². The van der Waals surface area contributed by atoms with Crippen molar-refractivity contribution in [1.82, 2.24) is 10.6 Å². The van der Waals surface area contributed by atoms with Gasteiger partial charge in [-0.15, -0.1) is 0 Å². The second-order valence-electron chi connectivity index (χ2n) is 41.5. The molecule has 0 unspecified atom stereocenters. The minimum Gasteiger partial charge on any atom is -0.491 e. The van der Waals surface area contributed by atoms with Gasteiger partial charge >= 0.3 is 12.2 Å². The Labute approximate surface area is 726 Å². The summed E-state index contributed by atoms with van der Waals surface area (Å²) in [5.41, 5.74) is 18.1. The van der Waals surface area contributed by atoms with Crippen LogP contribution in [0.4, 0.5) is 9.59 Å². The summed E-state index contributed by atoms with van der Waals surface area (Å²) >= 11 is 0. The molecular formula is C104H140N2O16. The first-order chi connectivity index (χ1) is 57.0. The number of carbonyl (C=O) groups is 2. The Balaban J connectivity index is 1.11. The third-order valence-corrected chi connectivity index (χ3v) is 23.0. The average molecular weight is 1670 g/mol. The van der Waals surface area contributed by atoms with Crippen LogP contribution in [0.15, 0.2) is 97.1 Å². The molecule has 0 atom stereocenters. The number of nitrogens with one attached hydrogen (secondary N) is 2. The highest BCUT2D eigenvalue weighted by Crippen LogP contribution is 2.49. The summed E-state index contributed by atoms with van der Waals surface area (Å²) in [7, 11) is 0. The molecule has 18 nitrogen and oxygen atoms in total. The number of aliphatic hydroxyl groups excluding tert-OH is 6. The Bertz CT molecular complexity index is 4490. The van der Waals surface area contributed by atoms with Crippen molar-refractivity contribution in [1.29, 1.82) is 0 Å². The van der Waals surface area contributed by atoms with Gasteiger partial charge in [-0.25, -0.2) is 9.59 Å². The lowest BCUT2D eigenvalue weighted by Crippen LogP contribution is -2.37. The highest BCUT2D eigenvalue weighted by atomic mass is 16.6. The normalized spacial score (nSPS) is 13.6. The van der Waals surface area contributed by atoms with Crippen LogP contribution in [0.5, 0.6) is 46.0 Å². The van der Waals surface area contributed by atoms with E-state index in [1.807, 2.05) is 0 Å². The lowest BCUT2D eigenvalue weighted by atomic mass is 9.79. The molecule has 8 aromatic carbocycles. The zero-order valence-electron chi connectivity index (χ0n) is 77.6. The largest absolute Gasteiger partial charge is 0.491 e. The maximum atomic E-state index is 15.3. The van der Waals surface area contributed by atoms with Crippen molar-refractivity contribution in [2.45, 2.75) is 261 Å². The molecule has 0 saturated heterocycles. The zero-order valence-corrected chi connectivity index (χ0v) is 77.6. The Kier molecular flexibility index (Phi) is 30.0. The predicted molar refractivity (Wildman–Crippen MR) is 487 cm³/mol. The van der Waals surface area contributed by atoms with Crippen molar-refractivity contribution in [2.24, 2.45) is 0 Å². The monoisotopic (exact) mass is 1670 g/mol. The van der Waals surface area contributed by atoms with Gasteiger partial charge in [0.15, 0.2) is 0 Å². The Hall–Kier alpha value is -9.14. The minimum absolute atomic E-state index is 0.00527. The first-order valence-corrected chi connectivity index (χ1v) is 43.7. The van der Waals surface area contributed by atoms with Crippen molar-refractivity contribution in [2.75, 3.05) is 92.4 Å². The molecule has 0 saturated carbocycles. The van der Waals surface area contributed by atoms with Gasteiger partial charge in [-0.1, -0.05) is 263 Å². The van der Waals surface area contributed by atoms with Gasteiger partial charge in [-0.05, 0) is 155 Å². The van der Waals surface area contributed by atoms with Gasteiger partial charge in [0.2, 0.25) is 0 Å². The van der Waals surface area contributed by atoms with Gasteiger partial charge in [-0.2, -0.15) is 0 Å². The molecular weight excluding hydrogens is 1530 g/mol. The Morgan fingerprint density at radius 3 is 0.443 bits per heavy atom. The zero-order chi connectivity index (χ0) is 89.6. The van der Waals surface area contributed by atoms with E-state index in [9.17, 15) is 30.6 Å². The summed E-state index contributed by atoms with van der Waals surface area (Å²) in [5.74, 6) is 4.21. The van der Waals surface area contributed by atoms with Crippen molar-refractivity contribution in [3.05, 3.63) is 231 Å². The summed E-state index contributed by atoms with van der Waals surface area (Å²) in [4.78, 5) is 30.6. The van der Waals surface area contributed by atoms with Crippen molar-refractivity contribution in [3.63, 3.8) is 0 Å². The number of amides is 2. The second-order valence-corrected chi connectivity index (χ2v) is 41.5. The van der Waals surface area contributed by atoms with E-state index in [1.165, 1.54) is 0 Å². The van der Waals surface area contributed by atoms with E-state index in [1.54, 1.807) is 0 Å². The fraction of sp³-hybridized carbons (Fsp3) is 0.519. The molecule has 8 aromatic rings. The van der Waals surface area contributed by atoms with E-state index in [0.29, 0.717) is 93.9 Å². The summed E-state index contributed by atoms with van der Waals surface area (Å²) in [5, 5.41) is 69.5. The van der Waals surface area contributed by atoms with E-state index >= 15 is 9.59 Å². The second kappa shape index (κ2) is 38.5. The molecule has 0 aromatic heterocycles. The molecule has 0 heterocycles. The van der Waals surface area contributed by atoms with Crippen LogP contribution in [0.3, 0.4) is 0 Å². The average Bonchev–Trinajstić information content (AvgIpc) is 0.761. The van der Waals surface area contributed by atoms with Crippen LogP contribution < -0.4 is 48.5 Å². The molecule has 16 bridgehead atoms. The third kappa shape index (κ3) is 23.6. The van der Waals surface area contributed by atoms with Crippen LogP contribution in [0.1, 0.15) is 300 Å². The Morgan fingerprint density at radius 1 is 0.221 bits per heavy atom. The molecule has 10 rings (SSSR count). The fourth-order valence-corrected chi connectivity index (χ4v) is 16.1. The van der Waals surface area contributed by atoms with Crippen LogP contribution in [0.2, 0.25) is 0 Å². The van der Waals surface area contributed by atoms with Crippen LogP contribution in [-0.4, -0.2) is 135 Å². The van der Waals surface area contributed by atoms with E-state index < -0.39 is 23.0 Å². The van der Waals surface area contributed by atoms with E-state index in [-0.39, 0.29) is 151 Å². The molecule has 0 radical (unpaired) electrons. The lowest BCUT2D eigenvalue weighted by molar-refractivity contribution is 0.194. The number of rotatable bonds is 23. The van der Waals surface area contributed by atoms with Gasteiger partial charge in [0.1, 0.15) is 85.6 Å². The number of aliphatic hydroxyl groups is 6. The van der Waals surface area contributed by atoms with E-state index in [0.717, 1.165) is 111 Å². The molecule has 18 heteroatoms. The van der Waals surface area contributed by atoms with Crippen molar-refractivity contribution >= 4 is 12.2 Å². The maximum Gasteiger partial charge on any atom is 0.412 e. The van der Waals surface area contributed by atoms with Gasteiger partial charge in [-0.3, -0.25) is 0 Å². The summed E-state index contributed by atoms with van der Waals surface area (Å²) in [6.07, 6.45) is 0.646. The molecule has 8 N–H and O–H groups in total. The van der Waals surface area contributed by atoms with Crippen molar-refractivity contribution in [3.8, 4) is 46.0 Å². The summed E-state index contributed by atoms with van der Waals surface area (Å²) < 4.78 is 54.4. The standard InChI is InChI=1S/C104H140N2O16/c1-97(2,3)79-47-63-39-67-51-81(99(7,8)9)55-71(89(67)117-35-29-109)43-75-59-85(103(19,20)21)60-76(44-72-56-82(100(10,11)12)52-68(90(72)118-36-30-110)40-64(48-79)87(63)115-33-27-107)93(75)121-95(113)105-25-26-106-96(114)122-94-77-45-73-57-83(101(13,14)15)53-69(91(73)119-37-31-111)41-65-49-80(98(4,5)6)50-66(88(65)116-34-28-108)42-70-54-84(102(16,17)18)58-74(92(70)120-38-32-112)46-78(94)62-86(61-77)104(22,23)24/h47-62,107-112H,25-46H2,1-24H3,(H,105,113)(H,106,114). The van der Waals surface area contributed by atoms with E-state index in [2.05, 4.69) is 274 Å². The first-order valence-electron chi connectivity index (χ1n) is 43.7. The highest BCUT2D eigenvalue weighted by Gasteiger charge is 2.35. The van der Waals surface area contributed by atoms with Gasteiger partial charge in [0.05, 0.1) is 39.6 Å². The topological polar surface area (TPSA) is 253 Å². The molecule has 2 aliphatic rings. The molecule has 122 heavy (non-hydrogen) atoms. The summed E-state index contributed by atoms with van der Waals surface area (Å²) in [6, 6.07) is 34.6. The van der Waals surface area contributed by atoms with Crippen molar-refractivity contribution < 1.29 is 78.1 Å². The quantitative estimate of drug-likeness (QED) is 0.0277. The van der Waals surface area contributed by atoms with Crippen LogP contribution in [-0.2, 0) is 94.7 Å². The number of fused-ring (bicyclic) bond motifs is 16. The lowest BCUT2D eigenvalue weighted by Gasteiger charge is -2.29. The van der Waals surface area contributed by atoms with Gasteiger partial charge in [0, 0.05) is 86.7 Å². The number of ether oxygens (including phenoxy) is 8. The van der Waals surface area contributed by atoms with Crippen LogP contribution >= 0.6 is 0 Å². The molecule has 0 aliphatic heterocycles. The smallest absolute Gasteiger partial charge is 0.412 e. The van der Waals surface area contributed by atoms with Gasteiger partial charge < -0.3 is 79.2 Å². The van der Waals surface area contributed by atoms with Crippen LogP contribution in [0, 0.1) is 0 Å². The van der Waals surface area contributed by atoms with Crippen LogP contribution in [0.25, 0.3) is 0 Å².